The van der Waals surface area contributed by atoms with Gasteiger partial charge in [-0.25, -0.2) is 4.98 Å². The first-order valence-corrected chi connectivity index (χ1v) is 7.05. The third-order valence-corrected chi connectivity index (χ3v) is 5.17. The summed E-state index contributed by atoms with van der Waals surface area (Å²) < 4.78 is 1.14. The van der Waals surface area contributed by atoms with Crippen LogP contribution in [0.5, 0.6) is 0 Å². The topological polar surface area (TPSA) is 38.9 Å². The highest BCUT2D eigenvalue weighted by Crippen LogP contribution is 2.35. The van der Waals surface area contributed by atoms with Gasteiger partial charge >= 0.3 is 0 Å². The van der Waals surface area contributed by atoms with Crippen molar-refractivity contribution in [3.8, 4) is 9.88 Å². The van der Waals surface area contributed by atoms with Gasteiger partial charge in [0.15, 0.2) is 0 Å². The Bertz CT molecular complexity index is 450. The zero-order chi connectivity index (χ0) is 10.8. The summed E-state index contributed by atoms with van der Waals surface area (Å²) in [6.45, 7) is 2.80. The predicted molar refractivity (Wildman–Crippen MR) is 70.6 cm³/mol. The Labute approximate surface area is 105 Å². The average Bonchev–Trinajstić information content (AvgIpc) is 2.84. The molecule has 0 aliphatic heterocycles. The molecule has 1 atom stereocenters. The van der Waals surface area contributed by atoms with E-state index in [2.05, 4.69) is 33.9 Å². The fourth-order valence-corrected chi connectivity index (χ4v) is 3.60. The van der Waals surface area contributed by atoms with Gasteiger partial charge in [-0.15, -0.1) is 22.7 Å². The first-order chi connectivity index (χ1) is 7.20. The second-order valence-corrected chi connectivity index (χ2v) is 6.83. The van der Waals surface area contributed by atoms with Crippen molar-refractivity contribution >= 4 is 38.6 Å². The van der Waals surface area contributed by atoms with E-state index < -0.39 is 0 Å². The van der Waals surface area contributed by atoms with Crippen molar-refractivity contribution in [1.82, 2.24) is 4.98 Å². The van der Waals surface area contributed by atoms with Crippen LogP contribution in [-0.4, -0.2) is 11.5 Å². The van der Waals surface area contributed by atoms with Gasteiger partial charge in [0.25, 0.3) is 0 Å². The van der Waals surface area contributed by atoms with Gasteiger partial charge in [0.1, 0.15) is 5.01 Å². The normalized spacial score (nSPS) is 13.0. The van der Waals surface area contributed by atoms with E-state index in [1.807, 2.05) is 12.3 Å². The maximum atomic E-state index is 5.63. The number of rotatable bonds is 3. The van der Waals surface area contributed by atoms with Crippen LogP contribution in [0.2, 0.25) is 0 Å². The van der Waals surface area contributed by atoms with Gasteiger partial charge in [0, 0.05) is 17.0 Å². The summed E-state index contributed by atoms with van der Waals surface area (Å²) in [7, 11) is 0. The summed E-state index contributed by atoms with van der Waals surface area (Å²) in [5.41, 5.74) is 5.63. The summed E-state index contributed by atoms with van der Waals surface area (Å²) in [5, 5.41) is 1.08. The molecule has 1 unspecified atom stereocenters. The SMILES string of the molecule is CC(CN)c1cnc(-c2ccc(Br)s2)s1. The molecule has 0 saturated carbocycles. The molecule has 0 radical (unpaired) electrons. The summed E-state index contributed by atoms with van der Waals surface area (Å²) in [6, 6.07) is 4.14. The van der Waals surface area contributed by atoms with Gasteiger partial charge in [-0.2, -0.15) is 0 Å². The Balaban J connectivity index is 2.27. The summed E-state index contributed by atoms with van der Waals surface area (Å²) >= 11 is 6.89. The van der Waals surface area contributed by atoms with Crippen LogP contribution in [-0.2, 0) is 0 Å². The fraction of sp³-hybridized carbons (Fsp3) is 0.300. The second-order valence-electron chi connectivity index (χ2n) is 3.31. The molecule has 2 heterocycles. The highest BCUT2D eigenvalue weighted by Gasteiger charge is 2.10. The molecule has 2 nitrogen and oxygen atoms in total. The summed E-state index contributed by atoms with van der Waals surface area (Å²) in [4.78, 5) is 6.89. The van der Waals surface area contributed by atoms with Crippen LogP contribution >= 0.6 is 38.6 Å². The monoisotopic (exact) mass is 302 g/mol. The number of nitrogens with two attached hydrogens (primary N) is 1. The van der Waals surface area contributed by atoms with Gasteiger partial charge in [-0.1, -0.05) is 6.92 Å². The molecule has 0 spiro atoms. The minimum atomic E-state index is 0.402. The van der Waals surface area contributed by atoms with Crippen molar-refractivity contribution in [3.05, 3.63) is 27.0 Å². The first-order valence-electron chi connectivity index (χ1n) is 4.62. The Kier molecular flexibility index (Phi) is 3.56. The third-order valence-electron chi connectivity index (χ3n) is 2.15. The molecule has 2 aromatic heterocycles. The predicted octanol–water partition coefficient (Wildman–Crippen LogP) is 3.70. The summed E-state index contributed by atoms with van der Waals surface area (Å²) in [5.74, 6) is 0.402. The standard InChI is InChI=1S/C10H11BrN2S2/c1-6(4-12)8-5-13-10(15-8)7-2-3-9(11)14-7/h2-3,5-6H,4,12H2,1H3. The molecule has 2 rings (SSSR count). The maximum absolute atomic E-state index is 5.63. The van der Waals surface area contributed by atoms with Crippen LogP contribution in [0.4, 0.5) is 0 Å². The van der Waals surface area contributed by atoms with Crippen LogP contribution in [0.25, 0.3) is 9.88 Å². The number of thiazole rings is 1. The Morgan fingerprint density at radius 2 is 2.27 bits per heavy atom. The van der Waals surface area contributed by atoms with Crippen LogP contribution in [0.1, 0.15) is 17.7 Å². The Morgan fingerprint density at radius 3 is 2.87 bits per heavy atom. The van der Waals surface area contributed by atoms with E-state index in [4.69, 9.17) is 5.73 Å². The van der Waals surface area contributed by atoms with E-state index in [9.17, 15) is 0 Å². The molecule has 5 heteroatoms. The van der Waals surface area contributed by atoms with Crippen LogP contribution < -0.4 is 5.73 Å². The first kappa shape index (κ1) is 11.3. The largest absolute Gasteiger partial charge is 0.330 e. The smallest absolute Gasteiger partial charge is 0.133 e. The van der Waals surface area contributed by atoms with E-state index in [1.54, 1.807) is 22.7 Å². The highest BCUT2D eigenvalue weighted by atomic mass is 79.9. The molecule has 0 saturated heterocycles. The highest BCUT2D eigenvalue weighted by molar-refractivity contribution is 9.11. The molecule has 0 bridgehead atoms. The average molecular weight is 303 g/mol. The van der Waals surface area contributed by atoms with Crippen molar-refractivity contribution in [2.45, 2.75) is 12.8 Å². The quantitative estimate of drug-likeness (QED) is 0.939. The van der Waals surface area contributed by atoms with Crippen molar-refractivity contribution in [2.75, 3.05) is 6.54 Å². The number of hydrogen-bond acceptors (Lipinski definition) is 4. The lowest BCUT2D eigenvalue weighted by Gasteiger charge is -2.01. The molecule has 0 aliphatic carbocycles. The molecule has 0 aromatic carbocycles. The molecule has 80 valence electrons. The molecular weight excluding hydrogens is 292 g/mol. The lowest BCUT2D eigenvalue weighted by atomic mass is 10.2. The zero-order valence-corrected chi connectivity index (χ0v) is 11.5. The number of halogens is 1. The fourth-order valence-electron chi connectivity index (χ4n) is 1.17. The van der Waals surface area contributed by atoms with Gasteiger partial charge in [0.05, 0.1) is 8.66 Å². The molecule has 0 aliphatic rings. The molecule has 15 heavy (non-hydrogen) atoms. The van der Waals surface area contributed by atoms with E-state index in [1.165, 1.54) is 9.75 Å². The van der Waals surface area contributed by atoms with E-state index >= 15 is 0 Å². The van der Waals surface area contributed by atoms with Crippen molar-refractivity contribution in [1.29, 1.82) is 0 Å². The molecule has 2 aromatic rings. The minimum Gasteiger partial charge on any atom is -0.330 e. The number of aromatic nitrogens is 1. The number of hydrogen-bond donors (Lipinski definition) is 1. The van der Waals surface area contributed by atoms with Crippen LogP contribution in [0.3, 0.4) is 0 Å². The number of nitrogens with zero attached hydrogens (tertiary/aromatic N) is 1. The maximum Gasteiger partial charge on any atom is 0.133 e. The van der Waals surface area contributed by atoms with Gasteiger partial charge in [-0.3, -0.25) is 0 Å². The van der Waals surface area contributed by atoms with E-state index in [0.29, 0.717) is 12.5 Å². The van der Waals surface area contributed by atoms with E-state index in [-0.39, 0.29) is 0 Å². The lowest BCUT2D eigenvalue weighted by Crippen LogP contribution is -2.07. The van der Waals surface area contributed by atoms with Crippen molar-refractivity contribution in [3.63, 3.8) is 0 Å². The molecular formula is C10H11BrN2S2. The third kappa shape index (κ3) is 2.47. The summed E-state index contributed by atoms with van der Waals surface area (Å²) in [6.07, 6.45) is 1.94. The molecule has 0 amide bonds. The van der Waals surface area contributed by atoms with Gasteiger partial charge in [0.2, 0.25) is 0 Å². The van der Waals surface area contributed by atoms with Gasteiger partial charge < -0.3 is 5.73 Å². The van der Waals surface area contributed by atoms with E-state index in [0.717, 1.165) is 8.79 Å². The molecule has 0 fully saturated rings. The van der Waals surface area contributed by atoms with Crippen LogP contribution in [0.15, 0.2) is 22.1 Å². The second kappa shape index (κ2) is 4.74. The van der Waals surface area contributed by atoms with Crippen LogP contribution in [0, 0.1) is 0 Å². The minimum absolute atomic E-state index is 0.402. The Hall–Kier alpha value is -0.230. The Morgan fingerprint density at radius 1 is 1.47 bits per heavy atom. The number of thiophene rings is 1. The molecule has 2 N–H and O–H groups in total. The van der Waals surface area contributed by atoms with Crippen molar-refractivity contribution < 1.29 is 0 Å². The lowest BCUT2D eigenvalue weighted by molar-refractivity contribution is 0.787. The van der Waals surface area contributed by atoms with Crippen molar-refractivity contribution in [2.24, 2.45) is 5.73 Å². The zero-order valence-electron chi connectivity index (χ0n) is 8.24. The van der Waals surface area contributed by atoms with Gasteiger partial charge in [-0.05, 0) is 34.6 Å².